The van der Waals surface area contributed by atoms with E-state index in [9.17, 15) is 4.79 Å². The maximum Gasteiger partial charge on any atom is 0.274 e. The Bertz CT molecular complexity index is 583. The first-order valence-electron chi connectivity index (χ1n) is 8.88. The van der Waals surface area contributed by atoms with Crippen molar-refractivity contribution in [3.8, 4) is 0 Å². The lowest BCUT2D eigenvalue weighted by Crippen LogP contribution is -2.56. The number of nitrogens with one attached hydrogen (secondary N) is 1. The third kappa shape index (κ3) is 3.22. The van der Waals surface area contributed by atoms with Gasteiger partial charge in [-0.2, -0.15) is 5.10 Å². The molecule has 1 aromatic heterocycles. The Labute approximate surface area is 143 Å². The molecule has 2 fully saturated rings. The second-order valence-electron chi connectivity index (χ2n) is 7.99. The zero-order valence-electron chi connectivity index (χ0n) is 15.2. The lowest BCUT2D eigenvalue weighted by Gasteiger charge is -2.47. The van der Waals surface area contributed by atoms with E-state index in [-0.39, 0.29) is 23.0 Å². The highest BCUT2D eigenvalue weighted by Gasteiger charge is 2.45. The van der Waals surface area contributed by atoms with Gasteiger partial charge in [-0.25, -0.2) is 0 Å². The minimum Gasteiger partial charge on any atom is -0.378 e. The molecule has 0 aliphatic carbocycles. The Morgan fingerprint density at radius 1 is 1.42 bits per heavy atom. The van der Waals surface area contributed by atoms with Crippen LogP contribution in [0.25, 0.3) is 0 Å². The number of hydrogen-bond acceptors (Lipinski definition) is 4. The van der Waals surface area contributed by atoms with Gasteiger partial charge in [-0.15, -0.1) is 0 Å². The second-order valence-corrected chi connectivity index (χ2v) is 7.99. The van der Waals surface area contributed by atoms with Gasteiger partial charge in [0.15, 0.2) is 0 Å². The summed E-state index contributed by atoms with van der Waals surface area (Å²) >= 11 is 0. The molecule has 24 heavy (non-hydrogen) atoms. The average molecular weight is 335 g/mol. The van der Waals surface area contributed by atoms with Gasteiger partial charge in [0.05, 0.1) is 11.7 Å². The van der Waals surface area contributed by atoms with E-state index in [1.807, 2.05) is 11.0 Å². The number of amides is 1. The van der Waals surface area contributed by atoms with Gasteiger partial charge in [-0.1, -0.05) is 20.8 Å². The molecule has 2 aliphatic heterocycles. The molecule has 2 aliphatic rings. The molecule has 2 saturated heterocycles. The number of carbonyl (C=O) groups is 1. The number of piperidine rings is 1. The van der Waals surface area contributed by atoms with E-state index in [1.54, 1.807) is 7.11 Å². The molecule has 0 unspecified atom stereocenters. The molecular formula is C18H29N3O3. The summed E-state index contributed by atoms with van der Waals surface area (Å²) in [6.45, 7) is 8.48. The zero-order chi connectivity index (χ0) is 17.4. The number of H-pyrrole nitrogens is 1. The fourth-order valence-electron chi connectivity index (χ4n) is 3.76. The highest BCUT2D eigenvalue weighted by molar-refractivity contribution is 5.92. The normalized spacial score (nSPS) is 24.3. The molecular weight excluding hydrogens is 306 g/mol. The molecule has 0 bridgehead atoms. The fraction of sp³-hybridized carbons (Fsp3) is 0.778. The predicted molar refractivity (Wildman–Crippen MR) is 91.1 cm³/mol. The monoisotopic (exact) mass is 335 g/mol. The third-order valence-electron chi connectivity index (χ3n) is 5.37. The number of aromatic amines is 1. The van der Waals surface area contributed by atoms with E-state index in [0.29, 0.717) is 18.8 Å². The number of aromatic nitrogens is 2. The van der Waals surface area contributed by atoms with Crippen LogP contribution in [0, 0.1) is 0 Å². The first-order chi connectivity index (χ1) is 11.4. The predicted octanol–water partition coefficient (Wildman–Crippen LogP) is 2.51. The van der Waals surface area contributed by atoms with Crippen molar-refractivity contribution in [3.05, 3.63) is 17.5 Å². The van der Waals surface area contributed by atoms with Crippen LogP contribution < -0.4 is 0 Å². The summed E-state index contributed by atoms with van der Waals surface area (Å²) in [5.74, 6) is 0.00127. The maximum atomic E-state index is 12.7. The second kappa shape index (κ2) is 6.48. The first kappa shape index (κ1) is 17.4. The lowest BCUT2D eigenvalue weighted by molar-refractivity contribution is -0.183. The average Bonchev–Trinajstić information content (AvgIpc) is 3.06. The van der Waals surface area contributed by atoms with Gasteiger partial charge < -0.3 is 14.4 Å². The summed E-state index contributed by atoms with van der Waals surface area (Å²) in [6, 6.07) is 1.88. The molecule has 0 saturated carbocycles. The number of nitrogens with zero attached hydrogens (tertiary/aromatic N) is 2. The topological polar surface area (TPSA) is 67.5 Å². The first-order valence-corrected chi connectivity index (χ1v) is 8.88. The number of likely N-dealkylation sites (tertiary alicyclic amines) is 1. The van der Waals surface area contributed by atoms with Crippen LogP contribution in [-0.4, -0.2) is 59.5 Å². The minimum absolute atomic E-state index is 0.00127. The Balaban J connectivity index is 1.66. The molecule has 1 N–H and O–H groups in total. The Kier molecular flexibility index (Phi) is 4.71. The molecule has 0 aromatic carbocycles. The Morgan fingerprint density at radius 3 is 2.71 bits per heavy atom. The van der Waals surface area contributed by atoms with E-state index < -0.39 is 0 Å². The summed E-state index contributed by atoms with van der Waals surface area (Å²) in [6.07, 6.45) is 3.88. The van der Waals surface area contributed by atoms with Crippen LogP contribution in [0.2, 0.25) is 0 Å². The standard InChI is InChI=1S/C18H29N3O3/c1-17(2,3)14-12-13(19-20-14)16(22)21-9-7-18(8-10-21)15(23-4)6-5-11-24-18/h12,15H,5-11H2,1-4H3,(H,19,20)/t15-/m1/s1. The van der Waals surface area contributed by atoms with Gasteiger partial charge in [0, 0.05) is 37.9 Å². The van der Waals surface area contributed by atoms with Gasteiger partial charge >= 0.3 is 0 Å². The number of rotatable bonds is 2. The van der Waals surface area contributed by atoms with Crippen molar-refractivity contribution in [2.45, 2.75) is 63.6 Å². The number of carbonyl (C=O) groups excluding carboxylic acids is 1. The fourth-order valence-corrected chi connectivity index (χ4v) is 3.76. The van der Waals surface area contributed by atoms with Crippen LogP contribution in [0.5, 0.6) is 0 Å². The van der Waals surface area contributed by atoms with Crippen molar-refractivity contribution in [2.75, 3.05) is 26.8 Å². The largest absolute Gasteiger partial charge is 0.378 e. The van der Waals surface area contributed by atoms with Gasteiger partial charge in [0.1, 0.15) is 5.69 Å². The van der Waals surface area contributed by atoms with Crippen LogP contribution in [0.15, 0.2) is 6.07 Å². The number of ether oxygens (including phenoxy) is 2. The summed E-state index contributed by atoms with van der Waals surface area (Å²) in [5.41, 5.74) is 1.23. The molecule has 1 spiro atoms. The summed E-state index contributed by atoms with van der Waals surface area (Å²) in [7, 11) is 1.76. The Morgan fingerprint density at radius 2 is 2.12 bits per heavy atom. The molecule has 1 aromatic rings. The molecule has 0 radical (unpaired) electrons. The van der Waals surface area contributed by atoms with Crippen molar-refractivity contribution in [1.82, 2.24) is 15.1 Å². The molecule has 3 rings (SSSR count). The van der Waals surface area contributed by atoms with Crippen LogP contribution in [-0.2, 0) is 14.9 Å². The van der Waals surface area contributed by atoms with E-state index in [0.717, 1.165) is 38.0 Å². The van der Waals surface area contributed by atoms with Gasteiger partial charge in [-0.05, 0) is 31.7 Å². The van der Waals surface area contributed by atoms with Crippen LogP contribution >= 0.6 is 0 Å². The van der Waals surface area contributed by atoms with Crippen LogP contribution in [0.4, 0.5) is 0 Å². The molecule has 1 amide bonds. The third-order valence-corrected chi connectivity index (χ3v) is 5.37. The van der Waals surface area contributed by atoms with E-state index in [4.69, 9.17) is 9.47 Å². The highest BCUT2D eigenvalue weighted by atomic mass is 16.5. The molecule has 1 atom stereocenters. The van der Waals surface area contributed by atoms with E-state index in [2.05, 4.69) is 31.0 Å². The minimum atomic E-state index is -0.216. The van der Waals surface area contributed by atoms with Crippen molar-refractivity contribution < 1.29 is 14.3 Å². The lowest BCUT2D eigenvalue weighted by atomic mass is 9.81. The van der Waals surface area contributed by atoms with Crippen molar-refractivity contribution in [2.24, 2.45) is 0 Å². The molecule has 6 nitrogen and oxygen atoms in total. The summed E-state index contributed by atoms with van der Waals surface area (Å²) in [4.78, 5) is 14.6. The number of hydrogen-bond donors (Lipinski definition) is 1. The molecule has 3 heterocycles. The van der Waals surface area contributed by atoms with Gasteiger partial charge in [-0.3, -0.25) is 9.89 Å². The van der Waals surface area contributed by atoms with Crippen molar-refractivity contribution in [1.29, 1.82) is 0 Å². The molecule has 134 valence electrons. The SMILES string of the molecule is CO[C@@H]1CCCOC12CCN(C(=O)c1cc(C(C)(C)C)[nH]n1)CC2. The van der Waals surface area contributed by atoms with Crippen molar-refractivity contribution >= 4 is 5.91 Å². The number of methoxy groups -OCH3 is 1. The van der Waals surface area contributed by atoms with E-state index in [1.165, 1.54) is 0 Å². The van der Waals surface area contributed by atoms with Crippen LogP contribution in [0.3, 0.4) is 0 Å². The van der Waals surface area contributed by atoms with E-state index >= 15 is 0 Å². The summed E-state index contributed by atoms with van der Waals surface area (Å²) < 4.78 is 11.8. The highest BCUT2D eigenvalue weighted by Crippen LogP contribution is 2.37. The van der Waals surface area contributed by atoms with Crippen LogP contribution in [0.1, 0.15) is 62.6 Å². The summed E-state index contributed by atoms with van der Waals surface area (Å²) in [5, 5.41) is 7.22. The van der Waals surface area contributed by atoms with Gasteiger partial charge in [0.25, 0.3) is 5.91 Å². The quantitative estimate of drug-likeness (QED) is 0.902. The maximum absolute atomic E-state index is 12.7. The van der Waals surface area contributed by atoms with Gasteiger partial charge in [0.2, 0.25) is 0 Å². The zero-order valence-corrected chi connectivity index (χ0v) is 15.2. The van der Waals surface area contributed by atoms with Crippen molar-refractivity contribution in [3.63, 3.8) is 0 Å². The molecule has 6 heteroatoms. The Hall–Kier alpha value is -1.40. The smallest absolute Gasteiger partial charge is 0.274 e.